The Labute approximate surface area is 132 Å². The van der Waals surface area contributed by atoms with Crippen molar-refractivity contribution in [3.8, 4) is 0 Å². The van der Waals surface area contributed by atoms with Crippen molar-refractivity contribution in [2.75, 3.05) is 18.6 Å². The second kappa shape index (κ2) is 10.1. The summed E-state index contributed by atoms with van der Waals surface area (Å²) in [5, 5.41) is 11.7. The van der Waals surface area contributed by atoms with E-state index >= 15 is 0 Å². The molecule has 0 fully saturated rings. The fraction of sp³-hybridized carbons (Fsp3) is 0.867. The highest BCUT2D eigenvalue weighted by atomic mass is 32.2. The number of carbonyl (C=O) groups is 2. The van der Waals surface area contributed by atoms with Crippen LogP contribution in [0.1, 0.15) is 46.5 Å². The Hall–Kier alpha value is -0.750. The Morgan fingerprint density at radius 3 is 2.33 bits per heavy atom. The van der Waals surface area contributed by atoms with E-state index < -0.39 is 12.0 Å². The number of rotatable bonds is 10. The molecule has 0 heterocycles. The first kappa shape index (κ1) is 20.2. The summed E-state index contributed by atoms with van der Waals surface area (Å²) in [5.41, 5.74) is 5.83. The van der Waals surface area contributed by atoms with Gasteiger partial charge in [0.05, 0.1) is 6.04 Å². The average Bonchev–Trinajstić information content (AvgIpc) is 2.37. The van der Waals surface area contributed by atoms with Crippen molar-refractivity contribution in [2.45, 2.75) is 52.5 Å². The molecule has 1 amide bonds. The van der Waals surface area contributed by atoms with Crippen molar-refractivity contribution in [1.29, 1.82) is 0 Å². The maximum atomic E-state index is 11.8. The Bertz CT molecular complexity index is 329. The van der Waals surface area contributed by atoms with Crippen LogP contribution in [-0.4, -0.2) is 41.6 Å². The molecule has 124 valence electrons. The van der Waals surface area contributed by atoms with Crippen LogP contribution in [0.25, 0.3) is 0 Å². The number of carboxylic acid groups (broad SMARTS) is 1. The highest BCUT2D eigenvalue weighted by Gasteiger charge is 2.25. The highest BCUT2D eigenvalue weighted by Crippen LogP contribution is 2.32. The molecule has 6 heteroatoms. The van der Waals surface area contributed by atoms with Crippen LogP contribution < -0.4 is 11.1 Å². The van der Waals surface area contributed by atoms with Gasteiger partial charge < -0.3 is 16.2 Å². The first-order chi connectivity index (χ1) is 9.68. The fourth-order valence-corrected chi connectivity index (χ4v) is 2.67. The fourth-order valence-electron chi connectivity index (χ4n) is 2.18. The molecule has 2 atom stereocenters. The minimum Gasteiger partial charge on any atom is -0.481 e. The van der Waals surface area contributed by atoms with E-state index in [-0.39, 0.29) is 23.7 Å². The highest BCUT2D eigenvalue weighted by molar-refractivity contribution is 7.98. The summed E-state index contributed by atoms with van der Waals surface area (Å²) in [6.07, 6.45) is 4.24. The van der Waals surface area contributed by atoms with Crippen LogP contribution in [-0.2, 0) is 9.59 Å². The smallest absolute Gasteiger partial charge is 0.303 e. The normalized spacial score (nSPS) is 14.5. The van der Waals surface area contributed by atoms with E-state index in [9.17, 15) is 9.59 Å². The van der Waals surface area contributed by atoms with Gasteiger partial charge in [0.2, 0.25) is 5.91 Å². The van der Waals surface area contributed by atoms with Crippen molar-refractivity contribution in [1.82, 2.24) is 5.32 Å². The van der Waals surface area contributed by atoms with Gasteiger partial charge in [0, 0.05) is 13.0 Å². The Kier molecular flexibility index (Phi) is 9.70. The molecule has 0 aliphatic carbocycles. The van der Waals surface area contributed by atoms with E-state index in [0.717, 1.165) is 12.2 Å². The molecular formula is C15H30N2O3S. The Balaban J connectivity index is 4.18. The maximum absolute atomic E-state index is 11.8. The van der Waals surface area contributed by atoms with Gasteiger partial charge in [0.25, 0.3) is 0 Å². The molecule has 0 aromatic rings. The molecule has 5 nitrogen and oxygen atoms in total. The summed E-state index contributed by atoms with van der Waals surface area (Å²) in [4.78, 5) is 22.5. The molecule has 0 aliphatic rings. The van der Waals surface area contributed by atoms with Crippen LogP contribution in [0.15, 0.2) is 0 Å². The number of nitrogens with one attached hydrogen (secondary N) is 1. The lowest BCUT2D eigenvalue weighted by atomic mass is 9.76. The Morgan fingerprint density at radius 2 is 1.86 bits per heavy atom. The van der Waals surface area contributed by atoms with Crippen molar-refractivity contribution < 1.29 is 14.7 Å². The molecular weight excluding hydrogens is 288 g/mol. The molecule has 0 saturated heterocycles. The minimum absolute atomic E-state index is 0.0289. The summed E-state index contributed by atoms with van der Waals surface area (Å²) >= 11 is 1.67. The molecule has 0 bridgehead atoms. The van der Waals surface area contributed by atoms with Crippen LogP contribution in [0.3, 0.4) is 0 Å². The molecule has 21 heavy (non-hydrogen) atoms. The van der Waals surface area contributed by atoms with Gasteiger partial charge in [-0.2, -0.15) is 11.8 Å². The van der Waals surface area contributed by atoms with Gasteiger partial charge in [-0.05, 0) is 42.6 Å². The van der Waals surface area contributed by atoms with Crippen LogP contribution in [0.4, 0.5) is 0 Å². The van der Waals surface area contributed by atoms with Crippen molar-refractivity contribution in [2.24, 2.45) is 17.1 Å². The third kappa shape index (κ3) is 9.74. The van der Waals surface area contributed by atoms with E-state index in [0.29, 0.717) is 19.4 Å². The van der Waals surface area contributed by atoms with Gasteiger partial charge in [-0.3, -0.25) is 9.59 Å². The molecule has 4 N–H and O–H groups in total. The van der Waals surface area contributed by atoms with E-state index in [4.69, 9.17) is 10.8 Å². The molecule has 0 rings (SSSR count). The lowest BCUT2D eigenvalue weighted by Crippen LogP contribution is -2.42. The third-order valence-corrected chi connectivity index (χ3v) is 4.34. The van der Waals surface area contributed by atoms with Crippen molar-refractivity contribution >= 4 is 23.6 Å². The number of amides is 1. The zero-order chi connectivity index (χ0) is 16.5. The summed E-state index contributed by atoms with van der Waals surface area (Å²) < 4.78 is 0. The van der Waals surface area contributed by atoms with E-state index in [1.807, 2.05) is 6.26 Å². The average molecular weight is 318 g/mol. The lowest BCUT2D eigenvalue weighted by Gasteiger charge is -2.30. The summed E-state index contributed by atoms with van der Waals surface area (Å²) in [6, 6.07) is -0.454. The standard InChI is InChI=1S/C15H30N2O3S/c1-15(2,3)11(5-6-13(18)19)7-9-17-14(20)12(16)8-10-21-4/h11-12H,5-10,16H2,1-4H3,(H,17,20)(H,18,19)/t11?,12-/m0/s1. The number of carboxylic acids is 1. The van der Waals surface area contributed by atoms with Gasteiger partial charge in [-0.15, -0.1) is 0 Å². The molecule has 0 spiro atoms. The first-order valence-corrected chi connectivity index (χ1v) is 8.82. The predicted molar refractivity (Wildman–Crippen MR) is 88.4 cm³/mol. The van der Waals surface area contributed by atoms with Gasteiger partial charge in [0.1, 0.15) is 0 Å². The third-order valence-electron chi connectivity index (χ3n) is 3.69. The largest absolute Gasteiger partial charge is 0.481 e. The number of hydrogen-bond acceptors (Lipinski definition) is 4. The van der Waals surface area contributed by atoms with E-state index in [2.05, 4.69) is 26.1 Å². The first-order valence-electron chi connectivity index (χ1n) is 7.42. The zero-order valence-corrected chi connectivity index (χ0v) is 14.5. The Morgan fingerprint density at radius 1 is 1.24 bits per heavy atom. The number of thioether (sulfide) groups is 1. The SMILES string of the molecule is CSCC[C@H](N)C(=O)NCCC(CCC(=O)O)C(C)(C)C. The van der Waals surface area contributed by atoms with Crippen LogP contribution >= 0.6 is 11.8 Å². The van der Waals surface area contributed by atoms with E-state index in [1.54, 1.807) is 11.8 Å². The van der Waals surface area contributed by atoms with Crippen molar-refractivity contribution in [3.63, 3.8) is 0 Å². The number of aliphatic carboxylic acids is 1. The quantitative estimate of drug-likeness (QED) is 0.573. The number of carbonyl (C=O) groups excluding carboxylic acids is 1. The summed E-state index contributed by atoms with van der Waals surface area (Å²) in [5.74, 6) is 0.247. The number of hydrogen-bond donors (Lipinski definition) is 3. The van der Waals surface area contributed by atoms with E-state index in [1.165, 1.54) is 0 Å². The predicted octanol–water partition coefficient (Wildman–Crippen LogP) is 2.10. The molecule has 0 aliphatic heterocycles. The molecule has 0 radical (unpaired) electrons. The van der Waals surface area contributed by atoms with Gasteiger partial charge in [-0.25, -0.2) is 0 Å². The topological polar surface area (TPSA) is 92.4 Å². The summed E-state index contributed by atoms with van der Waals surface area (Å²) in [7, 11) is 0. The zero-order valence-electron chi connectivity index (χ0n) is 13.6. The van der Waals surface area contributed by atoms with Crippen LogP contribution in [0, 0.1) is 11.3 Å². The molecule has 0 aromatic carbocycles. The molecule has 0 aromatic heterocycles. The van der Waals surface area contributed by atoms with Gasteiger partial charge in [-0.1, -0.05) is 20.8 Å². The molecule has 0 saturated carbocycles. The lowest BCUT2D eigenvalue weighted by molar-refractivity contribution is -0.137. The second-order valence-electron chi connectivity index (χ2n) is 6.46. The van der Waals surface area contributed by atoms with Gasteiger partial charge in [0.15, 0.2) is 0 Å². The molecule has 1 unspecified atom stereocenters. The van der Waals surface area contributed by atoms with Gasteiger partial charge >= 0.3 is 5.97 Å². The maximum Gasteiger partial charge on any atom is 0.303 e. The second-order valence-corrected chi connectivity index (χ2v) is 7.45. The van der Waals surface area contributed by atoms with Crippen LogP contribution in [0.2, 0.25) is 0 Å². The monoisotopic (exact) mass is 318 g/mol. The minimum atomic E-state index is -0.771. The van der Waals surface area contributed by atoms with Crippen LogP contribution in [0.5, 0.6) is 0 Å². The summed E-state index contributed by atoms with van der Waals surface area (Å²) in [6.45, 7) is 6.86. The van der Waals surface area contributed by atoms with Crippen molar-refractivity contribution in [3.05, 3.63) is 0 Å². The number of nitrogens with two attached hydrogens (primary N) is 1.